The molecule has 0 amide bonds. The van der Waals surface area contributed by atoms with Gasteiger partial charge in [0.2, 0.25) is 5.78 Å². The highest BCUT2D eigenvalue weighted by molar-refractivity contribution is 6.31. The molecule has 0 aliphatic rings. The summed E-state index contributed by atoms with van der Waals surface area (Å²) in [7, 11) is 0. The lowest BCUT2D eigenvalue weighted by molar-refractivity contribution is 0.0957. The molecular weight excluding hydrogens is 202 g/mol. The van der Waals surface area contributed by atoms with Crippen LogP contribution in [0.2, 0.25) is 5.02 Å². The van der Waals surface area contributed by atoms with Crippen molar-refractivity contribution < 1.29 is 9.21 Å². The van der Waals surface area contributed by atoms with Crippen molar-refractivity contribution in [1.82, 2.24) is 4.98 Å². The van der Waals surface area contributed by atoms with Crippen molar-refractivity contribution in [2.24, 2.45) is 0 Å². The third kappa shape index (κ3) is 1.51. The van der Waals surface area contributed by atoms with Crippen LogP contribution in [0.3, 0.4) is 0 Å². The Bertz CT molecular complexity index is 490. The van der Waals surface area contributed by atoms with E-state index in [0.29, 0.717) is 22.5 Å². The summed E-state index contributed by atoms with van der Waals surface area (Å²) in [6, 6.07) is 5.08. The number of benzene rings is 1. The molecule has 0 radical (unpaired) electrons. The molecule has 0 bridgehead atoms. The standard InChI is InChI=1S/C10H8ClNO2/c1-2-8(13)10-12-7-5-6(11)3-4-9(7)14-10/h3-5H,2H2,1H3. The average Bonchev–Trinajstić information content (AvgIpc) is 2.59. The third-order valence-corrected chi connectivity index (χ3v) is 2.14. The van der Waals surface area contributed by atoms with Crippen molar-refractivity contribution in [3.8, 4) is 0 Å². The second-order valence-corrected chi connectivity index (χ2v) is 3.34. The molecule has 0 saturated heterocycles. The lowest BCUT2D eigenvalue weighted by Gasteiger charge is -1.86. The van der Waals surface area contributed by atoms with E-state index in [-0.39, 0.29) is 11.7 Å². The van der Waals surface area contributed by atoms with Crippen LogP contribution in [-0.2, 0) is 0 Å². The number of aromatic nitrogens is 1. The number of rotatable bonds is 2. The summed E-state index contributed by atoms with van der Waals surface area (Å²) in [6.07, 6.45) is 0.389. The molecule has 2 rings (SSSR count). The number of Topliss-reactive ketones (excluding diaryl/α,β-unsaturated/α-hetero) is 1. The van der Waals surface area contributed by atoms with Gasteiger partial charge >= 0.3 is 0 Å². The molecule has 0 fully saturated rings. The molecule has 0 unspecified atom stereocenters. The molecule has 0 aliphatic carbocycles. The summed E-state index contributed by atoms with van der Waals surface area (Å²) in [5.41, 5.74) is 1.21. The predicted octanol–water partition coefficient (Wildman–Crippen LogP) is 3.07. The fourth-order valence-electron chi connectivity index (χ4n) is 1.17. The van der Waals surface area contributed by atoms with E-state index in [1.165, 1.54) is 0 Å². The maximum atomic E-state index is 11.3. The first-order valence-electron chi connectivity index (χ1n) is 4.30. The number of oxazole rings is 1. The number of nitrogens with zero attached hydrogens (tertiary/aromatic N) is 1. The highest BCUT2D eigenvalue weighted by atomic mass is 35.5. The monoisotopic (exact) mass is 209 g/mol. The number of halogens is 1. The zero-order valence-electron chi connectivity index (χ0n) is 7.58. The Balaban J connectivity index is 2.56. The molecule has 0 saturated carbocycles. The molecule has 0 atom stereocenters. The van der Waals surface area contributed by atoms with Crippen LogP contribution in [0, 0.1) is 0 Å². The Hall–Kier alpha value is -1.35. The van der Waals surface area contributed by atoms with Gasteiger partial charge in [-0.3, -0.25) is 4.79 Å². The van der Waals surface area contributed by atoms with Gasteiger partial charge in [0.15, 0.2) is 5.58 Å². The molecule has 0 spiro atoms. The molecule has 1 aromatic carbocycles. The normalized spacial score (nSPS) is 10.7. The summed E-state index contributed by atoms with van der Waals surface area (Å²) in [5, 5.41) is 0.585. The van der Waals surface area contributed by atoms with Crippen LogP contribution in [0.4, 0.5) is 0 Å². The van der Waals surface area contributed by atoms with E-state index in [1.807, 2.05) is 0 Å². The van der Waals surface area contributed by atoms with Crippen LogP contribution in [0.1, 0.15) is 24.0 Å². The van der Waals surface area contributed by atoms with Gasteiger partial charge in [0, 0.05) is 11.4 Å². The number of hydrogen-bond acceptors (Lipinski definition) is 3. The van der Waals surface area contributed by atoms with Gasteiger partial charge in [-0.2, -0.15) is 0 Å². The van der Waals surface area contributed by atoms with Crippen LogP contribution < -0.4 is 0 Å². The number of carbonyl (C=O) groups is 1. The molecular formula is C10H8ClNO2. The van der Waals surface area contributed by atoms with E-state index in [4.69, 9.17) is 16.0 Å². The minimum absolute atomic E-state index is 0.0997. The second kappa shape index (κ2) is 3.42. The Morgan fingerprint density at radius 2 is 2.36 bits per heavy atom. The van der Waals surface area contributed by atoms with Gasteiger partial charge in [-0.1, -0.05) is 18.5 Å². The van der Waals surface area contributed by atoms with E-state index in [1.54, 1.807) is 25.1 Å². The van der Waals surface area contributed by atoms with Crippen molar-refractivity contribution in [2.45, 2.75) is 13.3 Å². The first kappa shape index (κ1) is 9.21. The SMILES string of the molecule is CCC(=O)c1nc2cc(Cl)ccc2o1. The van der Waals surface area contributed by atoms with Gasteiger partial charge in [0.05, 0.1) is 0 Å². The number of ketones is 1. The number of carbonyl (C=O) groups excluding carboxylic acids is 1. The highest BCUT2D eigenvalue weighted by Gasteiger charge is 2.11. The zero-order valence-corrected chi connectivity index (χ0v) is 8.34. The van der Waals surface area contributed by atoms with Crippen LogP contribution in [-0.4, -0.2) is 10.8 Å². The van der Waals surface area contributed by atoms with Crippen LogP contribution in [0.5, 0.6) is 0 Å². The minimum Gasteiger partial charge on any atom is -0.434 e. The first-order valence-corrected chi connectivity index (χ1v) is 4.68. The third-order valence-electron chi connectivity index (χ3n) is 1.91. The molecule has 1 heterocycles. The maximum Gasteiger partial charge on any atom is 0.264 e. The Kier molecular flexibility index (Phi) is 2.25. The van der Waals surface area contributed by atoms with Gasteiger partial charge in [-0.25, -0.2) is 4.98 Å². The highest BCUT2D eigenvalue weighted by Crippen LogP contribution is 2.20. The largest absolute Gasteiger partial charge is 0.434 e. The van der Waals surface area contributed by atoms with Crippen LogP contribution >= 0.6 is 11.6 Å². The van der Waals surface area contributed by atoms with Crippen molar-refractivity contribution in [3.63, 3.8) is 0 Å². The van der Waals surface area contributed by atoms with E-state index in [9.17, 15) is 4.79 Å². The summed E-state index contributed by atoms with van der Waals surface area (Å²) in [4.78, 5) is 15.3. The van der Waals surface area contributed by atoms with Crippen molar-refractivity contribution >= 4 is 28.5 Å². The van der Waals surface area contributed by atoms with E-state index in [0.717, 1.165) is 0 Å². The van der Waals surface area contributed by atoms with Gasteiger partial charge in [0.1, 0.15) is 5.52 Å². The summed E-state index contributed by atoms with van der Waals surface area (Å²) < 4.78 is 5.26. The summed E-state index contributed by atoms with van der Waals surface area (Å²) >= 11 is 5.77. The molecule has 2 aromatic rings. The minimum atomic E-state index is -0.0997. The van der Waals surface area contributed by atoms with Crippen molar-refractivity contribution in [2.75, 3.05) is 0 Å². The number of fused-ring (bicyclic) bond motifs is 1. The lowest BCUT2D eigenvalue weighted by atomic mass is 10.3. The Morgan fingerprint density at radius 1 is 1.57 bits per heavy atom. The molecule has 3 nitrogen and oxygen atoms in total. The van der Waals surface area contributed by atoms with E-state index < -0.39 is 0 Å². The zero-order chi connectivity index (χ0) is 10.1. The Morgan fingerprint density at radius 3 is 3.07 bits per heavy atom. The topological polar surface area (TPSA) is 43.1 Å². The van der Waals surface area contributed by atoms with Crippen LogP contribution in [0.15, 0.2) is 22.6 Å². The van der Waals surface area contributed by atoms with Gasteiger partial charge in [0.25, 0.3) is 5.89 Å². The Labute approximate surface area is 85.7 Å². The van der Waals surface area contributed by atoms with E-state index in [2.05, 4.69) is 4.98 Å². The molecule has 0 aliphatic heterocycles. The van der Waals surface area contributed by atoms with E-state index >= 15 is 0 Å². The molecule has 1 aromatic heterocycles. The maximum absolute atomic E-state index is 11.3. The van der Waals surface area contributed by atoms with Gasteiger partial charge in [-0.05, 0) is 18.2 Å². The van der Waals surface area contributed by atoms with Crippen LogP contribution in [0.25, 0.3) is 11.1 Å². The summed E-state index contributed by atoms with van der Waals surface area (Å²) in [6.45, 7) is 1.77. The first-order chi connectivity index (χ1) is 6.70. The second-order valence-electron chi connectivity index (χ2n) is 2.91. The predicted molar refractivity (Wildman–Crippen MR) is 53.6 cm³/mol. The van der Waals surface area contributed by atoms with Gasteiger partial charge in [-0.15, -0.1) is 0 Å². The molecule has 4 heteroatoms. The van der Waals surface area contributed by atoms with Crippen molar-refractivity contribution in [1.29, 1.82) is 0 Å². The summed E-state index contributed by atoms with van der Waals surface area (Å²) in [5.74, 6) is 0.0575. The smallest absolute Gasteiger partial charge is 0.264 e. The van der Waals surface area contributed by atoms with Gasteiger partial charge < -0.3 is 4.42 Å². The fraction of sp³-hybridized carbons (Fsp3) is 0.200. The molecule has 14 heavy (non-hydrogen) atoms. The number of hydrogen-bond donors (Lipinski definition) is 0. The fourth-order valence-corrected chi connectivity index (χ4v) is 1.34. The van der Waals surface area contributed by atoms with Crippen molar-refractivity contribution in [3.05, 3.63) is 29.1 Å². The lowest BCUT2D eigenvalue weighted by Crippen LogP contribution is -1.95. The molecule has 0 N–H and O–H groups in total. The average molecular weight is 210 g/mol. The molecule has 72 valence electrons. The quantitative estimate of drug-likeness (QED) is 0.714.